The summed E-state index contributed by atoms with van der Waals surface area (Å²) in [6.45, 7) is 2.48. The molecule has 0 aliphatic carbocycles. The van der Waals surface area contributed by atoms with Crippen molar-refractivity contribution in [2.75, 3.05) is 6.61 Å². The molecular formula is C3H6OS2. The Morgan fingerprint density at radius 1 is 2.00 bits per heavy atom. The molecule has 0 rings (SSSR count). The van der Waals surface area contributed by atoms with Gasteiger partial charge in [-0.2, -0.15) is 0 Å². The summed E-state index contributed by atoms with van der Waals surface area (Å²) in [4.78, 5) is 0. The van der Waals surface area contributed by atoms with Gasteiger partial charge in [0, 0.05) is 0 Å². The molecule has 0 spiro atoms. The molecule has 36 valence electrons. The number of ether oxygens (including phenoxy) is 1. The van der Waals surface area contributed by atoms with Crippen LogP contribution < -0.4 is 0 Å². The SMILES string of the molecule is CCO[13C](=S)S. The van der Waals surface area contributed by atoms with E-state index in [-0.39, 0.29) is 0 Å². The van der Waals surface area contributed by atoms with Crippen molar-refractivity contribution < 1.29 is 4.74 Å². The zero-order chi connectivity index (χ0) is 4.99. The monoisotopic (exact) mass is 123 g/mol. The molecule has 0 saturated carbocycles. The van der Waals surface area contributed by atoms with E-state index in [0.29, 0.717) is 11.0 Å². The Labute approximate surface area is 48.1 Å². The summed E-state index contributed by atoms with van der Waals surface area (Å²) in [5, 5.41) is 0. The summed E-state index contributed by atoms with van der Waals surface area (Å²) in [5.41, 5.74) is 0. The standard InChI is InChI=1S/C3H6OS2/c1-2-4-3(5)6/h2H2,1H3,(H,5,6)/i3+1. The first kappa shape index (κ1) is 6.24. The maximum Gasteiger partial charge on any atom is 0.216 e. The van der Waals surface area contributed by atoms with Crippen LogP contribution in [0.2, 0.25) is 0 Å². The molecule has 0 N–H and O–H groups in total. The Morgan fingerprint density at radius 3 is 2.50 bits per heavy atom. The Kier molecular flexibility index (Phi) is 3.57. The third kappa shape index (κ3) is 4.24. The highest BCUT2D eigenvalue weighted by molar-refractivity contribution is 8.10. The highest BCUT2D eigenvalue weighted by atomic mass is 32.1. The Bertz CT molecular complexity index is 52.8. The van der Waals surface area contributed by atoms with Gasteiger partial charge in [0.05, 0.1) is 6.61 Å². The van der Waals surface area contributed by atoms with Crippen LogP contribution in [0.4, 0.5) is 0 Å². The van der Waals surface area contributed by atoms with Gasteiger partial charge in [-0.3, -0.25) is 0 Å². The Hall–Kier alpha value is 0.240. The lowest BCUT2D eigenvalue weighted by Gasteiger charge is -1.92. The number of thiol groups is 1. The van der Waals surface area contributed by atoms with E-state index in [1.54, 1.807) is 0 Å². The average Bonchev–Trinajstić information content (AvgIpc) is 1.35. The van der Waals surface area contributed by atoms with Gasteiger partial charge in [0.1, 0.15) is 0 Å². The van der Waals surface area contributed by atoms with Crippen LogP contribution in [0, 0.1) is 0 Å². The van der Waals surface area contributed by atoms with E-state index < -0.39 is 0 Å². The van der Waals surface area contributed by atoms with Crippen molar-refractivity contribution in [3.05, 3.63) is 0 Å². The number of rotatable bonds is 1. The van der Waals surface area contributed by atoms with E-state index in [9.17, 15) is 0 Å². The lowest BCUT2D eigenvalue weighted by Crippen LogP contribution is -1.89. The van der Waals surface area contributed by atoms with Gasteiger partial charge in [-0.25, -0.2) is 0 Å². The van der Waals surface area contributed by atoms with E-state index in [2.05, 4.69) is 29.6 Å². The van der Waals surface area contributed by atoms with Crippen LogP contribution in [-0.4, -0.2) is 11.0 Å². The smallest absolute Gasteiger partial charge is 0.216 e. The fourth-order valence-corrected chi connectivity index (χ4v) is 0.370. The molecule has 0 fully saturated rings. The van der Waals surface area contributed by atoms with Gasteiger partial charge < -0.3 is 4.74 Å². The van der Waals surface area contributed by atoms with Crippen molar-refractivity contribution in [2.45, 2.75) is 6.92 Å². The lowest BCUT2D eigenvalue weighted by atomic mass is 10.9. The molecular weight excluding hydrogens is 117 g/mol. The molecule has 3 heteroatoms. The second kappa shape index (κ2) is 3.43. The molecule has 0 saturated heterocycles. The Morgan fingerprint density at radius 2 is 2.50 bits per heavy atom. The van der Waals surface area contributed by atoms with E-state index in [1.807, 2.05) is 6.92 Å². The van der Waals surface area contributed by atoms with Crippen molar-refractivity contribution in [1.29, 1.82) is 0 Å². The third-order valence-corrected chi connectivity index (χ3v) is 0.515. The average molecular weight is 123 g/mol. The number of hydrogen-bond acceptors (Lipinski definition) is 2. The van der Waals surface area contributed by atoms with E-state index in [4.69, 9.17) is 0 Å². The first-order chi connectivity index (χ1) is 2.77. The molecule has 0 aliphatic heterocycles. The fraction of sp³-hybridized carbons (Fsp3) is 0.667. The van der Waals surface area contributed by atoms with Gasteiger partial charge in [0.15, 0.2) is 0 Å². The third-order valence-electron chi connectivity index (χ3n) is 0.268. The van der Waals surface area contributed by atoms with Gasteiger partial charge >= 0.3 is 0 Å². The van der Waals surface area contributed by atoms with E-state index in [1.165, 1.54) is 0 Å². The van der Waals surface area contributed by atoms with Crippen molar-refractivity contribution in [1.82, 2.24) is 0 Å². The fourth-order valence-electron chi connectivity index (χ4n) is 0.123. The maximum atomic E-state index is 4.64. The highest BCUT2D eigenvalue weighted by Crippen LogP contribution is 1.83. The van der Waals surface area contributed by atoms with Crippen molar-refractivity contribution in [3.63, 3.8) is 0 Å². The van der Waals surface area contributed by atoms with Crippen LogP contribution in [0.3, 0.4) is 0 Å². The first-order valence-corrected chi connectivity index (χ1v) is 2.48. The molecule has 6 heavy (non-hydrogen) atoms. The van der Waals surface area contributed by atoms with Gasteiger partial charge in [-0.1, -0.05) is 12.6 Å². The molecule has 0 atom stereocenters. The van der Waals surface area contributed by atoms with Crippen molar-refractivity contribution in [2.24, 2.45) is 0 Å². The molecule has 0 aromatic carbocycles. The largest absolute Gasteiger partial charge is 0.479 e. The number of thiocarbonyl (C=S) groups is 1. The summed E-state index contributed by atoms with van der Waals surface area (Å²) in [6, 6.07) is 0. The second-order valence-corrected chi connectivity index (χ2v) is 1.78. The summed E-state index contributed by atoms with van der Waals surface area (Å²) in [5.74, 6) is 0. The molecule has 0 unspecified atom stereocenters. The zero-order valence-corrected chi connectivity index (χ0v) is 5.18. The van der Waals surface area contributed by atoms with Gasteiger partial charge in [0.25, 0.3) is 0 Å². The van der Waals surface area contributed by atoms with Crippen LogP contribution in [0.5, 0.6) is 0 Å². The van der Waals surface area contributed by atoms with Crippen molar-refractivity contribution >= 4 is 29.2 Å². The number of hydrogen-bond donors (Lipinski definition) is 1. The molecule has 1 nitrogen and oxygen atoms in total. The minimum Gasteiger partial charge on any atom is -0.479 e. The topological polar surface area (TPSA) is 9.23 Å². The summed E-state index contributed by atoms with van der Waals surface area (Å²) in [7, 11) is 0. The summed E-state index contributed by atoms with van der Waals surface area (Å²) < 4.78 is 4.95. The Balaban J connectivity index is 2.83. The highest BCUT2D eigenvalue weighted by Gasteiger charge is 1.77. The van der Waals surface area contributed by atoms with E-state index >= 15 is 0 Å². The van der Waals surface area contributed by atoms with Crippen LogP contribution in [0.25, 0.3) is 0 Å². The first-order valence-electron chi connectivity index (χ1n) is 1.63. The molecule has 0 amide bonds. The second-order valence-electron chi connectivity index (χ2n) is 0.699. The molecule has 0 aromatic rings. The van der Waals surface area contributed by atoms with Gasteiger partial charge in [-0.05, 0) is 19.1 Å². The van der Waals surface area contributed by atoms with Gasteiger partial charge in [-0.15, -0.1) is 0 Å². The molecule has 0 radical (unpaired) electrons. The molecule has 0 bridgehead atoms. The van der Waals surface area contributed by atoms with Crippen LogP contribution in [0.1, 0.15) is 6.92 Å². The van der Waals surface area contributed by atoms with Gasteiger partial charge in [0.2, 0.25) is 4.38 Å². The summed E-state index contributed by atoms with van der Waals surface area (Å²) in [6.07, 6.45) is 0. The minimum absolute atomic E-state index is 0.317. The minimum atomic E-state index is 0.317. The molecule has 0 aliphatic rings. The van der Waals surface area contributed by atoms with Crippen LogP contribution >= 0.6 is 24.8 Å². The van der Waals surface area contributed by atoms with E-state index in [0.717, 1.165) is 0 Å². The predicted molar refractivity (Wildman–Crippen MR) is 33.2 cm³/mol. The lowest BCUT2D eigenvalue weighted by molar-refractivity contribution is 0.346. The maximum absolute atomic E-state index is 4.64. The van der Waals surface area contributed by atoms with Crippen molar-refractivity contribution in [3.8, 4) is 0 Å². The zero-order valence-electron chi connectivity index (χ0n) is 3.47. The molecule has 0 aromatic heterocycles. The normalized spacial score (nSPS) is 7.67. The quantitative estimate of drug-likeness (QED) is 0.319. The predicted octanol–water partition coefficient (Wildman–Crippen LogP) is 1.24. The van der Waals surface area contributed by atoms with Crippen LogP contribution in [-0.2, 0) is 4.74 Å². The van der Waals surface area contributed by atoms with Crippen LogP contribution in [0.15, 0.2) is 0 Å². The summed E-state index contributed by atoms with van der Waals surface area (Å²) >= 11 is 8.12. The molecule has 0 heterocycles.